The van der Waals surface area contributed by atoms with Gasteiger partial charge in [-0.1, -0.05) is 5.92 Å². The Bertz CT molecular complexity index is 412. The zero-order chi connectivity index (χ0) is 12.1. The third-order valence-corrected chi connectivity index (χ3v) is 2.73. The Morgan fingerprint density at radius 1 is 1.71 bits per heavy atom. The van der Waals surface area contributed by atoms with Crippen LogP contribution in [0.3, 0.4) is 0 Å². The van der Waals surface area contributed by atoms with Gasteiger partial charge in [0, 0.05) is 26.4 Å². The molecule has 90 valence electrons. The molecule has 1 aliphatic rings. The first-order valence-electron chi connectivity index (χ1n) is 5.62. The minimum absolute atomic E-state index is 0.0846. The first kappa shape index (κ1) is 11.9. The third kappa shape index (κ3) is 2.76. The molecule has 0 aliphatic carbocycles. The van der Waals surface area contributed by atoms with Crippen molar-refractivity contribution in [1.82, 2.24) is 4.98 Å². The first-order valence-corrected chi connectivity index (χ1v) is 5.62. The van der Waals surface area contributed by atoms with Gasteiger partial charge in [-0.25, -0.2) is 4.98 Å². The lowest BCUT2D eigenvalue weighted by atomic mass is 10.2. The van der Waals surface area contributed by atoms with Crippen LogP contribution in [-0.2, 0) is 9.47 Å². The molecule has 1 atom stereocenters. The Hall–Kier alpha value is -1.57. The average molecular weight is 232 g/mol. The van der Waals surface area contributed by atoms with E-state index in [4.69, 9.17) is 15.9 Å². The Kier molecular flexibility index (Phi) is 3.97. The van der Waals surface area contributed by atoms with Gasteiger partial charge in [-0.15, -0.1) is 6.42 Å². The number of ether oxygens (including phenoxy) is 2. The van der Waals surface area contributed by atoms with Gasteiger partial charge >= 0.3 is 0 Å². The molecular weight excluding hydrogens is 216 g/mol. The molecule has 1 fully saturated rings. The molecule has 0 spiro atoms. The summed E-state index contributed by atoms with van der Waals surface area (Å²) in [5.74, 6) is 3.52. The minimum Gasteiger partial charge on any atom is -0.382 e. The van der Waals surface area contributed by atoms with Crippen LogP contribution in [0.5, 0.6) is 0 Å². The van der Waals surface area contributed by atoms with Crippen molar-refractivity contribution in [2.75, 3.05) is 38.3 Å². The van der Waals surface area contributed by atoms with Crippen molar-refractivity contribution in [3.63, 3.8) is 0 Å². The molecule has 2 rings (SSSR count). The number of morpholine rings is 1. The van der Waals surface area contributed by atoms with Crippen molar-refractivity contribution in [1.29, 1.82) is 0 Å². The summed E-state index contributed by atoms with van der Waals surface area (Å²) in [5.41, 5.74) is 0.825. The molecule has 1 unspecified atom stereocenters. The normalized spacial score (nSPS) is 20.0. The number of hydrogen-bond acceptors (Lipinski definition) is 4. The highest BCUT2D eigenvalue weighted by molar-refractivity contribution is 5.55. The molecule has 0 N–H and O–H groups in total. The molecule has 1 aliphatic heterocycles. The van der Waals surface area contributed by atoms with E-state index in [0.717, 1.165) is 24.5 Å². The molecule has 0 bridgehead atoms. The van der Waals surface area contributed by atoms with Crippen LogP contribution in [0.25, 0.3) is 0 Å². The molecule has 1 aromatic rings. The summed E-state index contributed by atoms with van der Waals surface area (Å²) in [6.07, 6.45) is 7.32. The molecule has 2 heterocycles. The highest BCUT2D eigenvalue weighted by atomic mass is 16.5. The molecule has 0 radical (unpaired) electrons. The maximum Gasteiger partial charge on any atom is 0.144 e. The number of hydrogen-bond donors (Lipinski definition) is 0. The Morgan fingerprint density at radius 3 is 3.35 bits per heavy atom. The van der Waals surface area contributed by atoms with Crippen molar-refractivity contribution in [3.05, 3.63) is 23.9 Å². The van der Waals surface area contributed by atoms with Crippen molar-refractivity contribution in [3.8, 4) is 12.3 Å². The standard InChI is InChI=1S/C13H16N2O2/c1-3-11-5-4-6-14-13(11)15-7-8-17-12(9-15)10-16-2/h1,4-6,12H,7-10H2,2H3. The van der Waals surface area contributed by atoms with E-state index in [2.05, 4.69) is 15.8 Å². The molecular formula is C13H16N2O2. The lowest BCUT2D eigenvalue weighted by Crippen LogP contribution is -2.45. The fraction of sp³-hybridized carbons (Fsp3) is 0.462. The van der Waals surface area contributed by atoms with E-state index in [1.165, 1.54) is 0 Å². The zero-order valence-corrected chi connectivity index (χ0v) is 9.93. The number of terminal acetylenes is 1. The summed E-state index contributed by atoms with van der Waals surface area (Å²) in [4.78, 5) is 6.51. The van der Waals surface area contributed by atoms with Crippen LogP contribution in [-0.4, -0.2) is 44.5 Å². The Morgan fingerprint density at radius 2 is 2.59 bits per heavy atom. The molecule has 4 heteroatoms. The molecule has 17 heavy (non-hydrogen) atoms. The van der Waals surface area contributed by atoms with Gasteiger partial charge in [0.15, 0.2) is 0 Å². The van der Waals surface area contributed by atoms with Crippen molar-refractivity contribution in [2.24, 2.45) is 0 Å². The summed E-state index contributed by atoms with van der Waals surface area (Å²) < 4.78 is 10.7. The molecule has 4 nitrogen and oxygen atoms in total. The number of aromatic nitrogens is 1. The van der Waals surface area contributed by atoms with E-state index in [0.29, 0.717) is 13.2 Å². The van der Waals surface area contributed by atoms with Gasteiger partial charge < -0.3 is 14.4 Å². The smallest absolute Gasteiger partial charge is 0.144 e. The topological polar surface area (TPSA) is 34.6 Å². The van der Waals surface area contributed by atoms with Crippen LogP contribution in [0.15, 0.2) is 18.3 Å². The molecule has 1 aromatic heterocycles. The largest absolute Gasteiger partial charge is 0.382 e. The summed E-state index contributed by atoms with van der Waals surface area (Å²) in [6.45, 7) is 2.84. The quantitative estimate of drug-likeness (QED) is 0.726. The number of rotatable bonds is 3. The highest BCUT2D eigenvalue weighted by Crippen LogP contribution is 2.19. The number of methoxy groups -OCH3 is 1. The monoisotopic (exact) mass is 232 g/mol. The van der Waals surface area contributed by atoms with Gasteiger partial charge in [-0.3, -0.25) is 0 Å². The van der Waals surface area contributed by atoms with Gasteiger partial charge in [-0.05, 0) is 12.1 Å². The lowest BCUT2D eigenvalue weighted by molar-refractivity contribution is -0.0102. The number of anilines is 1. The van der Waals surface area contributed by atoms with E-state index in [9.17, 15) is 0 Å². The van der Waals surface area contributed by atoms with Crippen molar-refractivity contribution in [2.45, 2.75) is 6.10 Å². The van der Waals surface area contributed by atoms with Crippen LogP contribution in [0.1, 0.15) is 5.56 Å². The van der Waals surface area contributed by atoms with Crippen molar-refractivity contribution >= 4 is 5.82 Å². The summed E-state index contributed by atoms with van der Waals surface area (Å²) in [5, 5.41) is 0. The second-order valence-electron chi connectivity index (χ2n) is 3.91. The molecule has 0 amide bonds. The summed E-state index contributed by atoms with van der Waals surface area (Å²) >= 11 is 0. The number of pyridine rings is 1. The molecule has 0 aromatic carbocycles. The molecule has 1 saturated heterocycles. The first-order chi connectivity index (χ1) is 8.35. The zero-order valence-electron chi connectivity index (χ0n) is 9.93. The van der Waals surface area contributed by atoms with Crippen LogP contribution in [0, 0.1) is 12.3 Å². The fourth-order valence-corrected chi connectivity index (χ4v) is 1.96. The van der Waals surface area contributed by atoms with E-state index < -0.39 is 0 Å². The van der Waals surface area contributed by atoms with E-state index in [-0.39, 0.29) is 6.10 Å². The van der Waals surface area contributed by atoms with Crippen molar-refractivity contribution < 1.29 is 9.47 Å². The van der Waals surface area contributed by atoms with E-state index in [1.807, 2.05) is 12.1 Å². The van der Waals surface area contributed by atoms with Crippen LogP contribution < -0.4 is 4.90 Å². The van der Waals surface area contributed by atoms with Gasteiger partial charge in [0.05, 0.1) is 24.9 Å². The minimum atomic E-state index is 0.0846. The SMILES string of the molecule is C#Cc1cccnc1N1CCOC(COC)C1. The Balaban J connectivity index is 2.14. The predicted molar refractivity (Wildman–Crippen MR) is 66.0 cm³/mol. The average Bonchev–Trinajstić information content (AvgIpc) is 2.39. The highest BCUT2D eigenvalue weighted by Gasteiger charge is 2.22. The van der Waals surface area contributed by atoms with Gasteiger partial charge in [0.1, 0.15) is 5.82 Å². The van der Waals surface area contributed by atoms with Crippen LogP contribution >= 0.6 is 0 Å². The van der Waals surface area contributed by atoms with E-state index >= 15 is 0 Å². The summed E-state index contributed by atoms with van der Waals surface area (Å²) in [6, 6.07) is 3.76. The second kappa shape index (κ2) is 5.67. The maximum absolute atomic E-state index is 5.60. The van der Waals surface area contributed by atoms with Gasteiger partial charge in [-0.2, -0.15) is 0 Å². The Labute approximate surface area is 102 Å². The van der Waals surface area contributed by atoms with Gasteiger partial charge in [0.25, 0.3) is 0 Å². The summed E-state index contributed by atoms with van der Waals surface area (Å²) in [7, 11) is 1.68. The second-order valence-corrected chi connectivity index (χ2v) is 3.91. The van der Waals surface area contributed by atoms with E-state index in [1.54, 1.807) is 13.3 Å². The van der Waals surface area contributed by atoms with Crippen LogP contribution in [0.2, 0.25) is 0 Å². The lowest BCUT2D eigenvalue weighted by Gasteiger charge is -2.33. The van der Waals surface area contributed by atoms with Gasteiger partial charge in [0.2, 0.25) is 0 Å². The van der Waals surface area contributed by atoms with Crippen LogP contribution in [0.4, 0.5) is 5.82 Å². The number of nitrogens with zero attached hydrogens (tertiary/aromatic N) is 2. The maximum atomic E-state index is 5.60. The molecule has 0 saturated carbocycles. The third-order valence-electron chi connectivity index (χ3n) is 2.73. The predicted octanol–water partition coefficient (Wildman–Crippen LogP) is 0.915. The fourth-order valence-electron chi connectivity index (χ4n) is 1.96.